The van der Waals surface area contributed by atoms with Crippen LogP contribution in [0, 0.1) is 11.3 Å². The summed E-state index contributed by atoms with van der Waals surface area (Å²) in [6.07, 6.45) is 3.52. The van der Waals surface area contributed by atoms with Gasteiger partial charge >= 0.3 is 0 Å². The number of nitriles is 1. The lowest BCUT2D eigenvalue weighted by Crippen LogP contribution is -2.00. The number of ether oxygens (including phenoxy) is 3. The average Bonchev–Trinajstić information content (AvgIpc) is 3.53. The maximum absolute atomic E-state index is 9.50. The van der Waals surface area contributed by atoms with Gasteiger partial charge in [0.05, 0.1) is 21.3 Å². The van der Waals surface area contributed by atoms with E-state index in [1.165, 1.54) is 0 Å². The molecule has 0 aliphatic rings. The summed E-state index contributed by atoms with van der Waals surface area (Å²) < 4.78 is 18.1. The number of H-pyrrole nitrogens is 2. The first-order valence-electron chi connectivity index (χ1n) is 9.81. The lowest BCUT2D eigenvalue weighted by molar-refractivity contribution is 0.324. The van der Waals surface area contributed by atoms with Gasteiger partial charge in [0.1, 0.15) is 17.3 Å². The number of methoxy groups -OCH3 is 3. The highest BCUT2D eigenvalue weighted by Gasteiger charge is 2.20. The van der Waals surface area contributed by atoms with Crippen LogP contribution in [0.15, 0.2) is 48.8 Å². The van der Waals surface area contributed by atoms with Crippen LogP contribution < -0.4 is 19.5 Å². The molecule has 0 aliphatic carbocycles. The Bertz CT molecular complexity index is 1460. The Morgan fingerprint density at radius 2 is 1.81 bits per heavy atom. The van der Waals surface area contributed by atoms with Gasteiger partial charge in [0, 0.05) is 41.3 Å². The third kappa shape index (κ3) is 2.97. The number of nitrogens with zero attached hydrogens (tertiary/aromatic N) is 3. The molecule has 0 spiro atoms. The Morgan fingerprint density at radius 1 is 1.03 bits per heavy atom. The van der Waals surface area contributed by atoms with Crippen LogP contribution in [-0.2, 0) is 0 Å². The molecule has 0 amide bonds. The van der Waals surface area contributed by atoms with E-state index in [0.717, 1.165) is 16.5 Å². The summed E-state index contributed by atoms with van der Waals surface area (Å²) in [5.41, 5.74) is 4.28. The third-order valence-corrected chi connectivity index (χ3v) is 5.33. The summed E-state index contributed by atoms with van der Waals surface area (Å²) in [4.78, 5) is 8.00. The van der Waals surface area contributed by atoms with Crippen LogP contribution in [0.4, 0.5) is 11.5 Å². The minimum Gasteiger partial charge on any atom is -0.493 e. The number of nitrogens with one attached hydrogen (secondary N) is 3. The number of anilines is 2. The van der Waals surface area contributed by atoms with Gasteiger partial charge in [-0.05, 0) is 17.5 Å². The predicted molar refractivity (Wildman–Crippen MR) is 121 cm³/mol. The van der Waals surface area contributed by atoms with Gasteiger partial charge in [-0.15, -0.1) is 0 Å². The van der Waals surface area contributed by atoms with E-state index in [1.54, 1.807) is 32.0 Å². The van der Waals surface area contributed by atoms with Crippen molar-refractivity contribution >= 4 is 28.1 Å². The quantitative estimate of drug-likeness (QED) is 0.368. The molecule has 9 nitrogen and oxygen atoms in total. The van der Waals surface area contributed by atoms with Crippen LogP contribution in [0.3, 0.4) is 0 Å². The van der Waals surface area contributed by atoms with Gasteiger partial charge in [-0.3, -0.25) is 5.10 Å². The van der Waals surface area contributed by atoms with E-state index < -0.39 is 0 Å². The first-order valence-corrected chi connectivity index (χ1v) is 9.81. The standard InChI is InChI=1S/C23H20N6O3/c1-30-18-9-16(10-19(31-2)21(18)32-3)27-23-20(28-22-15(11-24)12-26-29(22)23)14-5-4-13-6-7-25-17(13)8-14/h4-10,12,25-27H,1-3H3. The number of aromatic amines is 2. The van der Waals surface area contributed by atoms with Crippen LogP contribution in [0.5, 0.6) is 17.2 Å². The zero-order chi connectivity index (χ0) is 22.2. The number of fused-ring (bicyclic) bond motifs is 2. The van der Waals surface area contributed by atoms with Crippen molar-refractivity contribution in [2.75, 3.05) is 26.6 Å². The topological polar surface area (TPSA) is 112 Å². The van der Waals surface area contributed by atoms with Crippen molar-refractivity contribution in [3.8, 4) is 34.6 Å². The Labute approximate surface area is 183 Å². The smallest absolute Gasteiger partial charge is 0.203 e. The van der Waals surface area contributed by atoms with Gasteiger partial charge in [0.15, 0.2) is 23.0 Å². The van der Waals surface area contributed by atoms with E-state index in [9.17, 15) is 5.26 Å². The highest BCUT2D eigenvalue weighted by atomic mass is 16.5. The molecule has 3 N–H and O–H groups in total. The molecule has 0 atom stereocenters. The molecule has 0 fully saturated rings. The van der Waals surface area contributed by atoms with Gasteiger partial charge in [-0.1, -0.05) is 12.1 Å². The Balaban J connectivity index is 1.69. The zero-order valence-corrected chi connectivity index (χ0v) is 17.7. The molecule has 0 saturated carbocycles. The largest absolute Gasteiger partial charge is 0.493 e. The predicted octanol–water partition coefficient (Wildman–Crippen LogP) is 4.45. The van der Waals surface area contributed by atoms with E-state index in [-0.39, 0.29) is 0 Å². The molecule has 5 aromatic rings. The van der Waals surface area contributed by atoms with E-state index in [4.69, 9.17) is 19.2 Å². The minimum atomic E-state index is 0.449. The van der Waals surface area contributed by atoms with E-state index in [1.807, 2.05) is 42.6 Å². The average molecular weight is 428 g/mol. The summed E-state index contributed by atoms with van der Waals surface area (Å²) in [5, 5.41) is 17.1. The maximum Gasteiger partial charge on any atom is 0.203 e. The van der Waals surface area contributed by atoms with E-state index >= 15 is 0 Å². The number of aromatic nitrogens is 4. The second-order valence-electron chi connectivity index (χ2n) is 7.09. The molecule has 160 valence electrons. The number of rotatable bonds is 6. The highest BCUT2D eigenvalue weighted by Crippen LogP contribution is 2.42. The molecular formula is C23H20N6O3. The lowest BCUT2D eigenvalue weighted by Gasteiger charge is -2.15. The van der Waals surface area contributed by atoms with Crippen LogP contribution in [0.25, 0.3) is 27.8 Å². The van der Waals surface area contributed by atoms with Crippen LogP contribution in [0.1, 0.15) is 5.56 Å². The summed E-state index contributed by atoms with van der Waals surface area (Å²) in [6, 6.07) is 13.9. The molecule has 0 saturated heterocycles. The second-order valence-corrected chi connectivity index (χ2v) is 7.09. The summed E-state index contributed by atoms with van der Waals surface area (Å²) in [7, 11) is 4.70. The first kappa shape index (κ1) is 19.4. The van der Waals surface area contributed by atoms with Crippen molar-refractivity contribution in [2.24, 2.45) is 0 Å². The molecular weight excluding hydrogens is 408 g/mol. The fourth-order valence-electron chi connectivity index (χ4n) is 3.80. The van der Waals surface area contributed by atoms with Gasteiger partial charge in [-0.25, -0.2) is 9.50 Å². The number of hydrogen-bond donors (Lipinski definition) is 3. The molecule has 9 heteroatoms. The fourth-order valence-corrected chi connectivity index (χ4v) is 3.80. The maximum atomic E-state index is 9.50. The number of imidazole rings is 1. The van der Waals surface area contributed by atoms with E-state index in [0.29, 0.717) is 45.7 Å². The van der Waals surface area contributed by atoms with Crippen molar-refractivity contribution in [1.82, 2.24) is 19.6 Å². The molecule has 3 heterocycles. The van der Waals surface area contributed by atoms with Crippen LogP contribution >= 0.6 is 0 Å². The Kier molecular flexibility index (Phi) is 4.60. The zero-order valence-electron chi connectivity index (χ0n) is 17.7. The number of benzene rings is 2. The fraction of sp³-hybridized carbons (Fsp3) is 0.130. The third-order valence-electron chi connectivity index (χ3n) is 5.33. The number of hydrogen-bond acceptors (Lipinski definition) is 6. The van der Waals surface area contributed by atoms with E-state index in [2.05, 4.69) is 21.5 Å². The Morgan fingerprint density at radius 3 is 2.50 bits per heavy atom. The van der Waals surface area contributed by atoms with Crippen LogP contribution in [-0.4, -0.2) is 40.9 Å². The Hall–Kier alpha value is -4.58. The minimum absolute atomic E-state index is 0.449. The molecule has 3 aromatic heterocycles. The van der Waals surface area contributed by atoms with Gasteiger partial charge in [0.25, 0.3) is 0 Å². The molecule has 5 rings (SSSR count). The lowest BCUT2D eigenvalue weighted by atomic mass is 10.1. The molecule has 32 heavy (non-hydrogen) atoms. The summed E-state index contributed by atoms with van der Waals surface area (Å²) in [5.74, 6) is 2.21. The van der Waals surface area contributed by atoms with Gasteiger partial charge in [0.2, 0.25) is 5.75 Å². The summed E-state index contributed by atoms with van der Waals surface area (Å²) in [6.45, 7) is 0. The molecule has 0 unspecified atom stereocenters. The molecule has 0 radical (unpaired) electrons. The monoisotopic (exact) mass is 428 g/mol. The first-order chi connectivity index (χ1) is 15.7. The van der Waals surface area contributed by atoms with Crippen molar-refractivity contribution in [3.05, 3.63) is 54.4 Å². The highest BCUT2D eigenvalue weighted by molar-refractivity contribution is 5.88. The normalized spacial score (nSPS) is 10.9. The van der Waals surface area contributed by atoms with Gasteiger partial charge < -0.3 is 24.5 Å². The van der Waals surface area contributed by atoms with Crippen molar-refractivity contribution in [1.29, 1.82) is 5.26 Å². The van der Waals surface area contributed by atoms with Gasteiger partial charge in [-0.2, -0.15) is 5.26 Å². The van der Waals surface area contributed by atoms with Crippen molar-refractivity contribution in [3.63, 3.8) is 0 Å². The van der Waals surface area contributed by atoms with Crippen molar-refractivity contribution < 1.29 is 14.2 Å². The summed E-state index contributed by atoms with van der Waals surface area (Å²) >= 11 is 0. The molecule has 0 aliphatic heterocycles. The molecule has 2 aromatic carbocycles. The SMILES string of the molecule is COc1cc(Nc2c(-c3ccc4cc[nH]c4c3)nc3c(C#N)c[nH]n23)cc(OC)c1OC. The van der Waals surface area contributed by atoms with Crippen molar-refractivity contribution in [2.45, 2.75) is 0 Å². The van der Waals surface area contributed by atoms with Crippen LogP contribution in [0.2, 0.25) is 0 Å². The molecule has 0 bridgehead atoms. The second kappa shape index (κ2) is 7.59.